The molecule has 0 spiro atoms. The standard InChI is InChI=1S/C24H29BO2/c1-17(25-27-18(2)24(3,4)5)11-6-7-12-19-13-10-15-21-20-14-8-9-16-22(20)26-23(19)21/h6-11,13-16,18,25H,12H2,1-5H3/b7-6+,17-11+. The Balaban J connectivity index is 1.66. The molecule has 0 aliphatic carbocycles. The molecule has 0 bridgehead atoms. The van der Waals surface area contributed by atoms with Crippen molar-refractivity contribution in [3.63, 3.8) is 0 Å². The molecular formula is C24H29BO2. The van der Waals surface area contributed by atoms with Gasteiger partial charge in [-0.15, -0.1) is 0 Å². The lowest BCUT2D eigenvalue weighted by atomic mass is 9.84. The van der Waals surface area contributed by atoms with Crippen LogP contribution in [0.2, 0.25) is 0 Å². The molecule has 2 nitrogen and oxygen atoms in total. The Kier molecular flexibility index (Phi) is 5.91. The van der Waals surface area contributed by atoms with E-state index in [2.05, 4.69) is 83.2 Å². The lowest BCUT2D eigenvalue weighted by Gasteiger charge is -2.27. The van der Waals surface area contributed by atoms with Crippen LogP contribution in [0.1, 0.15) is 40.2 Å². The molecule has 1 unspecified atom stereocenters. The third kappa shape index (κ3) is 4.73. The molecule has 0 saturated heterocycles. The Bertz CT molecular complexity index is 973. The molecule has 3 heteroatoms. The molecular weight excluding hydrogens is 331 g/mol. The van der Waals surface area contributed by atoms with E-state index in [4.69, 9.17) is 9.07 Å². The zero-order chi connectivity index (χ0) is 19.4. The minimum Gasteiger partial charge on any atom is -0.456 e. The van der Waals surface area contributed by atoms with Gasteiger partial charge in [-0.1, -0.05) is 80.9 Å². The zero-order valence-corrected chi connectivity index (χ0v) is 17.1. The van der Waals surface area contributed by atoms with Crippen molar-refractivity contribution in [1.29, 1.82) is 0 Å². The molecule has 1 aromatic heterocycles. The Hall–Kier alpha value is -2.26. The van der Waals surface area contributed by atoms with E-state index in [1.165, 1.54) is 21.8 Å². The van der Waals surface area contributed by atoms with E-state index in [0.29, 0.717) is 7.48 Å². The van der Waals surface area contributed by atoms with Gasteiger partial charge in [0.1, 0.15) is 11.2 Å². The van der Waals surface area contributed by atoms with Gasteiger partial charge >= 0.3 is 7.48 Å². The fraction of sp³-hybridized carbons (Fsp3) is 0.333. The molecule has 0 amide bonds. The van der Waals surface area contributed by atoms with Crippen molar-refractivity contribution in [2.45, 2.75) is 47.1 Å². The van der Waals surface area contributed by atoms with Crippen LogP contribution in [0, 0.1) is 5.41 Å². The summed E-state index contributed by atoms with van der Waals surface area (Å²) in [6.07, 6.45) is 7.50. The first kappa shape index (κ1) is 19.5. The van der Waals surface area contributed by atoms with Crippen molar-refractivity contribution < 1.29 is 9.07 Å². The number of benzene rings is 2. The quantitative estimate of drug-likeness (QED) is 0.375. The van der Waals surface area contributed by atoms with Gasteiger partial charge in [0.15, 0.2) is 0 Å². The molecule has 0 saturated carbocycles. The number of rotatable bonds is 6. The van der Waals surface area contributed by atoms with E-state index in [1.54, 1.807) is 0 Å². The Morgan fingerprint density at radius 1 is 1.11 bits per heavy atom. The van der Waals surface area contributed by atoms with Gasteiger partial charge < -0.3 is 9.07 Å². The SMILES string of the molecule is C/C(BOC(C)C(C)(C)C)=C\C=C\Cc1cccc2c1oc1ccccc12. The fourth-order valence-electron chi connectivity index (χ4n) is 2.95. The van der Waals surface area contributed by atoms with Crippen LogP contribution in [-0.2, 0) is 11.1 Å². The number of furan rings is 1. The van der Waals surface area contributed by atoms with Crippen LogP contribution in [-0.4, -0.2) is 13.6 Å². The first-order chi connectivity index (χ1) is 12.9. The van der Waals surface area contributed by atoms with E-state index < -0.39 is 0 Å². The average Bonchev–Trinajstić information content (AvgIpc) is 3.02. The van der Waals surface area contributed by atoms with Gasteiger partial charge in [-0.25, -0.2) is 0 Å². The van der Waals surface area contributed by atoms with Gasteiger partial charge in [0.05, 0.1) is 0 Å². The van der Waals surface area contributed by atoms with Crippen LogP contribution in [0.25, 0.3) is 21.9 Å². The van der Waals surface area contributed by atoms with Gasteiger partial charge in [-0.05, 0) is 37.3 Å². The summed E-state index contributed by atoms with van der Waals surface area (Å²) >= 11 is 0. The van der Waals surface area contributed by atoms with Gasteiger partial charge in [0, 0.05) is 16.9 Å². The summed E-state index contributed by atoms with van der Waals surface area (Å²) in [4.78, 5) is 0. The fourth-order valence-corrected chi connectivity index (χ4v) is 2.95. The summed E-state index contributed by atoms with van der Waals surface area (Å²) in [6.45, 7) is 10.9. The van der Waals surface area contributed by atoms with Crippen LogP contribution in [0.15, 0.2) is 70.6 Å². The molecule has 3 aromatic rings. The number of allylic oxidation sites excluding steroid dienone is 4. The third-order valence-corrected chi connectivity index (χ3v) is 5.12. The van der Waals surface area contributed by atoms with Gasteiger partial charge in [0.2, 0.25) is 0 Å². The second-order valence-corrected chi connectivity index (χ2v) is 8.36. The van der Waals surface area contributed by atoms with Crippen LogP contribution in [0.5, 0.6) is 0 Å². The first-order valence-electron chi connectivity index (χ1n) is 9.69. The highest BCUT2D eigenvalue weighted by molar-refractivity contribution is 6.37. The Morgan fingerprint density at radius 3 is 2.63 bits per heavy atom. The lowest BCUT2D eigenvalue weighted by Crippen LogP contribution is -2.27. The molecule has 3 rings (SSSR count). The molecule has 0 N–H and O–H groups in total. The van der Waals surface area contributed by atoms with Crippen molar-refractivity contribution in [3.8, 4) is 0 Å². The third-order valence-electron chi connectivity index (χ3n) is 5.12. The van der Waals surface area contributed by atoms with Gasteiger partial charge in [-0.2, -0.15) is 0 Å². The number of para-hydroxylation sites is 2. The summed E-state index contributed by atoms with van der Waals surface area (Å²) in [7, 11) is 0.669. The van der Waals surface area contributed by atoms with E-state index in [9.17, 15) is 0 Å². The van der Waals surface area contributed by atoms with Gasteiger partial charge in [0.25, 0.3) is 0 Å². The first-order valence-corrected chi connectivity index (χ1v) is 9.69. The average molecular weight is 360 g/mol. The largest absolute Gasteiger partial charge is 0.456 e. The van der Waals surface area contributed by atoms with Crippen LogP contribution < -0.4 is 0 Å². The maximum atomic E-state index is 6.09. The second kappa shape index (κ2) is 8.18. The summed E-state index contributed by atoms with van der Waals surface area (Å²) in [5, 5.41) is 2.37. The molecule has 27 heavy (non-hydrogen) atoms. The van der Waals surface area contributed by atoms with Crippen LogP contribution in [0.4, 0.5) is 0 Å². The summed E-state index contributed by atoms with van der Waals surface area (Å²) in [5.74, 6) is 0. The molecule has 1 atom stereocenters. The predicted molar refractivity (Wildman–Crippen MR) is 117 cm³/mol. The monoisotopic (exact) mass is 360 g/mol. The van der Waals surface area contributed by atoms with Crippen molar-refractivity contribution >= 4 is 29.4 Å². The maximum Gasteiger partial charge on any atom is 0.304 e. The van der Waals surface area contributed by atoms with Gasteiger partial charge in [-0.3, -0.25) is 0 Å². The highest BCUT2D eigenvalue weighted by Gasteiger charge is 2.20. The van der Waals surface area contributed by atoms with Crippen LogP contribution in [0.3, 0.4) is 0 Å². The van der Waals surface area contributed by atoms with E-state index >= 15 is 0 Å². The van der Waals surface area contributed by atoms with E-state index in [0.717, 1.165) is 17.6 Å². The van der Waals surface area contributed by atoms with Crippen molar-refractivity contribution in [2.75, 3.05) is 0 Å². The van der Waals surface area contributed by atoms with Crippen molar-refractivity contribution in [2.24, 2.45) is 5.41 Å². The normalized spacial score (nSPS) is 14.3. The highest BCUT2D eigenvalue weighted by atomic mass is 16.4. The Morgan fingerprint density at radius 2 is 1.85 bits per heavy atom. The molecule has 0 aliphatic heterocycles. The second-order valence-electron chi connectivity index (χ2n) is 8.36. The molecule has 2 aromatic carbocycles. The Labute approximate surface area is 163 Å². The zero-order valence-electron chi connectivity index (χ0n) is 17.1. The van der Waals surface area contributed by atoms with E-state index in [1.807, 2.05) is 12.1 Å². The minimum atomic E-state index is 0.168. The smallest absolute Gasteiger partial charge is 0.304 e. The number of fused-ring (bicyclic) bond motifs is 3. The summed E-state index contributed by atoms with van der Waals surface area (Å²) in [5.41, 5.74) is 4.55. The summed E-state index contributed by atoms with van der Waals surface area (Å²) < 4.78 is 12.0. The maximum absolute atomic E-state index is 6.09. The molecule has 0 aliphatic rings. The molecule has 1 heterocycles. The predicted octanol–water partition coefficient (Wildman–Crippen LogP) is 6.39. The minimum absolute atomic E-state index is 0.168. The molecule has 0 radical (unpaired) electrons. The van der Waals surface area contributed by atoms with Crippen molar-refractivity contribution in [1.82, 2.24) is 0 Å². The van der Waals surface area contributed by atoms with Crippen molar-refractivity contribution in [3.05, 3.63) is 71.7 Å². The number of hydrogen-bond donors (Lipinski definition) is 0. The summed E-state index contributed by atoms with van der Waals surface area (Å²) in [6, 6.07) is 14.6. The van der Waals surface area contributed by atoms with Crippen LogP contribution >= 0.6 is 0 Å². The lowest BCUT2D eigenvalue weighted by molar-refractivity contribution is 0.110. The van der Waals surface area contributed by atoms with E-state index in [-0.39, 0.29) is 11.5 Å². The molecule has 0 fully saturated rings. The topological polar surface area (TPSA) is 22.4 Å². The number of hydrogen-bond acceptors (Lipinski definition) is 2. The highest BCUT2D eigenvalue weighted by Crippen LogP contribution is 2.30. The molecule has 140 valence electrons.